The number of hydrogen-bond acceptors (Lipinski definition) is 4. The number of hydrogen-bond donors (Lipinski definition) is 2. The SMILES string of the molecule is CCOCCNC(=O)c1c(NC(=O)C2C(C)(C)C2(C)C)sc(C)c1C. The van der Waals surface area contributed by atoms with E-state index in [1.807, 2.05) is 20.8 Å². The molecule has 1 aromatic rings. The van der Waals surface area contributed by atoms with Gasteiger partial charge in [0.2, 0.25) is 5.91 Å². The van der Waals surface area contributed by atoms with Gasteiger partial charge in [-0.3, -0.25) is 9.59 Å². The van der Waals surface area contributed by atoms with Gasteiger partial charge in [0.1, 0.15) is 5.00 Å². The summed E-state index contributed by atoms with van der Waals surface area (Å²) < 4.78 is 5.25. The predicted octanol–water partition coefficient (Wildman–Crippen LogP) is 3.75. The van der Waals surface area contributed by atoms with E-state index in [-0.39, 0.29) is 28.6 Å². The largest absolute Gasteiger partial charge is 0.380 e. The number of nitrogens with one attached hydrogen (secondary N) is 2. The van der Waals surface area contributed by atoms with Crippen LogP contribution in [0.1, 0.15) is 55.4 Å². The summed E-state index contributed by atoms with van der Waals surface area (Å²) in [6, 6.07) is 0. The lowest BCUT2D eigenvalue weighted by molar-refractivity contribution is -0.118. The fourth-order valence-corrected chi connectivity index (χ4v) is 4.55. The second kappa shape index (κ2) is 7.08. The number of amides is 2. The van der Waals surface area contributed by atoms with Crippen molar-refractivity contribution in [2.45, 2.75) is 48.5 Å². The highest BCUT2D eigenvalue weighted by molar-refractivity contribution is 7.16. The molecule has 5 nitrogen and oxygen atoms in total. The Morgan fingerprint density at radius 2 is 1.76 bits per heavy atom. The lowest BCUT2D eigenvalue weighted by Crippen LogP contribution is -2.28. The third-order valence-corrected chi connectivity index (χ3v) is 6.99. The molecule has 2 rings (SSSR count). The summed E-state index contributed by atoms with van der Waals surface area (Å²) in [5.41, 5.74) is 1.43. The first-order valence-corrected chi connectivity index (χ1v) is 9.64. The zero-order valence-corrected chi connectivity index (χ0v) is 17.1. The van der Waals surface area contributed by atoms with E-state index >= 15 is 0 Å². The van der Waals surface area contributed by atoms with Gasteiger partial charge in [-0.05, 0) is 37.2 Å². The molecule has 25 heavy (non-hydrogen) atoms. The second-order valence-corrected chi connectivity index (χ2v) is 9.03. The summed E-state index contributed by atoms with van der Waals surface area (Å²) in [6.45, 7) is 15.8. The predicted molar refractivity (Wildman–Crippen MR) is 102 cm³/mol. The Morgan fingerprint density at radius 1 is 1.16 bits per heavy atom. The van der Waals surface area contributed by atoms with Crippen molar-refractivity contribution in [1.82, 2.24) is 5.32 Å². The Kier molecular flexibility index (Phi) is 5.64. The van der Waals surface area contributed by atoms with Gasteiger partial charge in [-0.15, -0.1) is 11.3 Å². The molecule has 1 heterocycles. The molecule has 0 bridgehead atoms. The Hall–Kier alpha value is -1.40. The van der Waals surface area contributed by atoms with Gasteiger partial charge in [-0.25, -0.2) is 0 Å². The van der Waals surface area contributed by atoms with E-state index in [0.29, 0.717) is 30.3 Å². The van der Waals surface area contributed by atoms with Crippen LogP contribution >= 0.6 is 11.3 Å². The minimum Gasteiger partial charge on any atom is -0.380 e. The third kappa shape index (κ3) is 3.60. The average Bonchev–Trinajstić information content (AvgIpc) is 2.75. The van der Waals surface area contributed by atoms with E-state index in [0.717, 1.165) is 10.4 Å². The van der Waals surface area contributed by atoms with Crippen LogP contribution in [0.3, 0.4) is 0 Å². The lowest BCUT2D eigenvalue weighted by atomic mass is 10.0. The molecule has 1 aliphatic rings. The number of carbonyl (C=O) groups excluding carboxylic acids is 2. The maximum absolute atomic E-state index is 12.7. The topological polar surface area (TPSA) is 67.4 Å². The highest BCUT2D eigenvalue weighted by Gasteiger charge is 2.68. The molecular weight excluding hydrogens is 336 g/mol. The van der Waals surface area contributed by atoms with Gasteiger partial charge in [0, 0.05) is 23.9 Å². The van der Waals surface area contributed by atoms with Gasteiger partial charge in [-0.1, -0.05) is 27.7 Å². The fraction of sp³-hybridized carbons (Fsp3) is 0.684. The maximum atomic E-state index is 12.7. The highest BCUT2D eigenvalue weighted by atomic mass is 32.1. The van der Waals surface area contributed by atoms with E-state index in [1.54, 1.807) is 0 Å². The maximum Gasteiger partial charge on any atom is 0.254 e. The Balaban J connectivity index is 2.13. The summed E-state index contributed by atoms with van der Waals surface area (Å²) in [5.74, 6) is -0.206. The lowest BCUT2D eigenvalue weighted by Gasteiger charge is -2.09. The summed E-state index contributed by atoms with van der Waals surface area (Å²) >= 11 is 1.46. The van der Waals surface area contributed by atoms with E-state index in [4.69, 9.17) is 4.74 Å². The van der Waals surface area contributed by atoms with Gasteiger partial charge in [0.15, 0.2) is 0 Å². The van der Waals surface area contributed by atoms with Crippen LogP contribution in [-0.4, -0.2) is 31.6 Å². The van der Waals surface area contributed by atoms with Gasteiger partial charge in [0.05, 0.1) is 12.2 Å². The molecule has 0 radical (unpaired) electrons. The molecule has 0 saturated heterocycles. The van der Waals surface area contributed by atoms with Crippen molar-refractivity contribution in [3.05, 3.63) is 16.0 Å². The van der Waals surface area contributed by atoms with Crippen LogP contribution in [0.15, 0.2) is 0 Å². The standard InChI is InChI=1S/C19H30N2O3S/c1-8-24-10-9-20-15(22)13-11(2)12(3)25-17(13)21-16(23)14-18(4,5)19(14,6)7/h14H,8-10H2,1-7H3,(H,20,22)(H,21,23). The van der Waals surface area contributed by atoms with Crippen molar-refractivity contribution in [3.8, 4) is 0 Å². The van der Waals surface area contributed by atoms with Crippen LogP contribution in [0.5, 0.6) is 0 Å². The van der Waals surface area contributed by atoms with Crippen LogP contribution in [0.25, 0.3) is 0 Å². The summed E-state index contributed by atoms with van der Waals surface area (Å²) in [5, 5.41) is 6.53. The normalized spacial score (nSPS) is 18.0. The van der Waals surface area contributed by atoms with Gasteiger partial charge < -0.3 is 15.4 Å². The molecule has 140 valence electrons. The van der Waals surface area contributed by atoms with E-state index in [2.05, 4.69) is 38.3 Å². The van der Waals surface area contributed by atoms with Crippen molar-refractivity contribution in [3.63, 3.8) is 0 Å². The van der Waals surface area contributed by atoms with Gasteiger partial charge in [-0.2, -0.15) is 0 Å². The number of carbonyl (C=O) groups is 2. The summed E-state index contributed by atoms with van der Waals surface area (Å²) in [4.78, 5) is 26.4. The van der Waals surface area contributed by atoms with Crippen molar-refractivity contribution in [2.75, 3.05) is 25.1 Å². The van der Waals surface area contributed by atoms with Crippen molar-refractivity contribution in [2.24, 2.45) is 16.7 Å². The Bertz CT molecular complexity index is 662. The first-order chi connectivity index (χ1) is 11.6. The van der Waals surface area contributed by atoms with E-state index < -0.39 is 0 Å². The zero-order chi connectivity index (χ0) is 19.0. The molecule has 1 aromatic heterocycles. The smallest absolute Gasteiger partial charge is 0.254 e. The van der Waals surface area contributed by atoms with E-state index in [9.17, 15) is 9.59 Å². The van der Waals surface area contributed by atoms with Crippen LogP contribution < -0.4 is 10.6 Å². The van der Waals surface area contributed by atoms with Gasteiger partial charge in [0.25, 0.3) is 5.91 Å². The second-order valence-electron chi connectivity index (χ2n) is 7.81. The third-order valence-electron chi connectivity index (χ3n) is 5.87. The molecule has 0 unspecified atom stereocenters. The molecule has 2 amide bonds. The summed E-state index contributed by atoms with van der Waals surface area (Å²) in [7, 11) is 0. The van der Waals surface area contributed by atoms with Crippen LogP contribution in [0, 0.1) is 30.6 Å². The van der Waals surface area contributed by atoms with Crippen LogP contribution in [0.2, 0.25) is 0 Å². The zero-order valence-electron chi connectivity index (χ0n) is 16.3. The van der Waals surface area contributed by atoms with Crippen molar-refractivity contribution >= 4 is 28.2 Å². The Labute approximate surface area is 154 Å². The van der Waals surface area contributed by atoms with Crippen molar-refractivity contribution < 1.29 is 14.3 Å². The molecule has 0 spiro atoms. The fourth-order valence-electron chi connectivity index (χ4n) is 3.49. The molecule has 6 heteroatoms. The van der Waals surface area contributed by atoms with E-state index in [1.165, 1.54) is 11.3 Å². The average molecular weight is 367 g/mol. The molecule has 1 aliphatic carbocycles. The van der Waals surface area contributed by atoms with Gasteiger partial charge >= 0.3 is 0 Å². The highest BCUT2D eigenvalue weighted by Crippen LogP contribution is 2.68. The number of rotatable bonds is 7. The Morgan fingerprint density at radius 3 is 2.28 bits per heavy atom. The number of thiophene rings is 1. The molecular formula is C19H30N2O3S. The first kappa shape index (κ1) is 19.9. The van der Waals surface area contributed by atoms with Crippen LogP contribution in [-0.2, 0) is 9.53 Å². The quantitative estimate of drug-likeness (QED) is 0.722. The van der Waals surface area contributed by atoms with Crippen LogP contribution in [0.4, 0.5) is 5.00 Å². The molecule has 0 atom stereocenters. The molecule has 1 fully saturated rings. The van der Waals surface area contributed by atoms with Crippen molar-refractivity contribution in [1.29, 1.82) is 0 Å². The molecule has 0 aliphatic heterocycles. The number of anilines is 1. The monoisotopic (exact) mass is 366 g/mol. The molecule has 2 N–H and O–H groups in total. The molecule has 0 aromatic carbocycles. The summed E-state index contributed by atoms with van der Waals surface area (Å²) in [6.07, 6.45) is 0. The minimum atomic E-state index is -0.161. The minimum absolute atomic E-state index is 0.000355. The number of aryl methyl sites for hydroxylation is 1. The first-order valence-electron chi connectivity index (χ1n) is 8.82. The number of ether oxygens (including phenoxy) is 1. The molecule has 1 saturated carbocycles.